The zero-order valence-corrected chi connectivity index (χ0v) is 16.6. The Morgan fingerprint density at radius 3 is 2.36 bits per heavy atom. The fourth-order valence-corrected chi connectivity index (χ4v) is 2.99. The summed E-state index contributed by atoms with van der Waals surface area (Å²) < 4.78 is 11.6. The van der Waals surface area contributed by atoms with Gasteiger partial charge in [0.25, 0.3) is 0 Å². The molecule has 0 saturated carbocycles. The molecule has 0 radical (unpaired) electrons. The molecular formula is C19H24BrN3O2. The lowest BCUT2D eigenvalue weighted by molar-refractivity contribution is 0.408. The summed E-state index contributed by atoms with van der Waals surface area (Å²) in [6.07, 6.45) is 0. The van der Waals surface area contributed by atoms with Crippen molar-refractivity contribution in [3.63, 3.8) is 0 Å². The molecular weight excluding hydrogens is 382 g/mol. The molecule has 0 unspecified atom stereocenters. The standard InChI is InChI=1S/C19H24BrN3O2/c1-13-5-7-15(18(9-13)25-4)12-23-19(21-2)22-11-14-6-8-17(24-3)16(20)10-14/h5-10H,11-12H2,1-4H3,(H2,21,22,23). The molecule has 0 atom stereocenters. The molecule has 2 aromatic rings. The van der Waals surface area contributed by atoms with Crippen molar-refractivity contribution in [1.29, 1.82) is 0 Å². The first-order chi connectivity index (χ1) is 12.1. The predicted octanol–water partition coefficient (Wildman–Crippen LogP) is 3.64. The van der Waals surface area contributed by atoms with Crippen LogP contribution in [-0.2, 0) is 13.1 Å². The van der Waals surface area contributed by atoms with E-state index in [9.17, 15) is 0 Å². The van der Waals surface area contributed by atoms with E-state index in [2.05, 4.69) is 43.7 Å². The topological polar surface area (TPSA) is 54.9 Å². The molecule has 0 aromatic heterocycles. The molecule has 0 bridgehead atoms. The lowest BCUT2D eigenvalue weighted by atomic mass is 10.1. The van der Waals surface area contributed by atoms with Crippen LogP contribution in [0.5, 0.6) is 11.5 Å². The minimum absolute atomic E-state index is 0.634. The van der Waals surface area contributed by atoms with E-state index in [4.69, 9.17) is 9.47 Å². The Labute approximate surface area is 157 Å². The van der Waals surface area contributed by atoms with Crippen molar-refractivity contribution in [3.05, 3.63) is 57.6 Å². The van der Waals surface area contributed by atoms with Crippen LogP contribution >= 0.6 is 15.9 Å². The van der Waals surface area contributed by atoms with Gasteiger partial charge in [-0.3, -0.25) is 4.99 Å². The summed E-state index contributed by atoms with van der Waals surface area (Å²) in [4.78, 5) is 4.26. The van der Waals surface area contributed by atoms with Crippen LogP contribution in [0.3, 0.4) is 0 Å². The Kier molecular flexibility index (Phi) is 7.13. The third kappa shape index (κ3) is 5.39. The molecule has 134 valence electrons. The van der Waals surface area contributed by atoms with E-state index in [-0.39, 0.29) is 0 Å². The Bertz CT molecular complexity index is 747. The number of nitrogens with zero attached hydrogens (tertiary/aromatic N) is 1. The second-order valence-electron chi connectivity index (χ2n) is 5.56. The zero-order valence-electron chi connectivity index (χ0n) is 15.0. The van der Waals surface area contributed by atoms with Crippen molar-refractivity contribution >= 4 is 21.9 Å². The molecule has 0 spiro atoms. The molecule has 0 saturated heterocycles. The lowest BCUT2D eigenvalue weighted by Crippen LogP contribution is -2.36. The number of aliphatic imine (C=N–C) groups is 1. The number of halogens is 1. The van der Waals surface area contributed by atoms with Crippen molar-refractivity contribution in [1.82, 2.24) is 10.6 Å². The Hall–Kier alpha value is -2.21. The van der Waals surface area contributed by atoms with Crippen LogP contribution in [0.15, 0.2) is 45.9 Å². The SMILES string of the molecule is CN=C(NCc1ccc(OC)c(Br)c1)NCc1ccc(C)cc1OC. The van der Waals surface area contributed by atoms with E-state index >= 15 is 0 Å². The second kappa shape index (κ2) is 9.32. The number of hydrogen-bond donors (Lipinski definition) is 2. The fraction of sp³-hybridized carbons (Fsp3) is 0.316. The van der Waals surface area contributed by atoms with Gasteiger partial charge in [0.1, 0.15) is 11.5 Å². The maximum absolute atomic E-state index is 5.44. The van der Waals surface area contributed by atoms with Gasteiger partial charge in [-0.25, -0.2) is 0 Å². The fourth-order valence-electron chi connectivity index (χ4n) is 2.40. The quantitative estimate of drug-likeness (QED) is 0.568. The maximum atomic E-state index is 5.44. The molecule has 2 N–H and O–H groups in total. The highest BCUT2D eigenvalue weighted by Crippen LogP contribution is 2.25. The molecule has 5 nitrogen and oxygen atoms in total. The summed E-state index contributed by atoms with van der Waals surface area (Å²) in [5.41, 5.74) is 3.39. The summed E-state index contributed by atoms with van der Waals surface area (Å²) in [7, 11) is 5.10. The average Bonchev–Trinajstić information content (AvgIpc) is 2.62. The van der Waals surface area contributed by atoms with Crippen LogP contribution in [0, 0.1) is 6.92 Å². The van der Waals surface area contributed by atoms with Gasteiger partial charge in [-0.15, -0.1) is 0 Å². The first-order valence-corrected chi connectivity index (χ1v) is 8.77. The van der Waals surface area contributed by atoms with Gasteiger partial charge < -0.3 is 20.1 Å². The van der Waals surface area contributed by atoms with Crippen molar-refractivity contribution in [2.45, 2.75) is 20.0 Å². The highest BCUT2D eigenvalue weighted by Gasteiger charge is 2.06. The van der Waals surface area contributed by atoms with Crippen LogP contribution in [0.4, 0.5) is 0 Å². The predicted molar refractivity (Wildman–Crippen MR) is 105 cm³/mol. The number of ether oxygens (including phenoxy) is 2. The van der Waals surface area contributed by atoms with Crippen LogP contribution < -0.4 is 20.1 Å². The van der Waals surface area contributed by atoms with E-state index in [0.29, 0.717) is 13.1 Å². The number of guanidine groups is 1. The van der Waals surface area contributed by atoms with Crippen molar-refractivity contribution in [2.24, 2.45) is 4.99 Å². The zero-order chi connectivity index (χ0) is 18.2. The highest BCUT2D eigenvalue weighted by molar-refractivity contribution is 9.10. The van der Waals surface area contributed by atoms with Crippen LogP contribution in [0.1, 0.15) is 16.7 Å². The Morgan fingerprint density at radius 1 is 1.00 bits per heavy atom. The number of methoxy groups -OCH3 is 2. The van der Waals surface area contributed by atoms with E-state index in [1.807, 2.05) is 31.2 Å². The van der Waals surface area contributed by atoms with Crippen molar-refractivity contribution < 1.29 is 9.47 Å². The van der Waals surface area contributed by atoms with E-state index in [0.717, 1.165) is 33.1 Å². The van der Waals surface area contributed by atoms with Crippen LogP contribution in [-0.4, -0.2) is 27.2 Å². The minimum atomic E-state index is 0.634. The van der Waals surface area contributed by atoms with E-state index in [1.165, 1.54) is 5.56 Å². The number of benzene rings is 2. The third-order valence-electron chi connectivity index (χ3n) is 3.79. The summed E-state index contributed by atoms with van der Waals surface area (Å²) in [5.74, 6) is 2.43. The molecule has 2 rings (SSSR count). The molecule has 0 aliphatic heterocycles. The summed E-state index contributed by atoms with van der Waals surface area (Å²) >= 11 is 3.50. The van der Waals surface area contributed by atoms with Gasteiger partial charge in [-0.2, -0.15) is 0 Å². The first kappa shape index (κ1) is 19.1. The molecule has 6 heteroatoms. The average molecular weight is 406 g/mol. The second-order valence-corrected chi connectivity index (χ2v) is 6.42. The minimum Gasteiger partial charge on any atom is -0.496 e. The first-order valence-electron chi connectivity index (χ1n) is 7.97. The molecule has 2 aromatic carbocycles. The van der Waals surface area contributed by atoms with Crippen molar-refractivity contribution in [2.75, 3.05) is 21.3 Å². The van der Waals surface area contributed by atoms with Gasteiger partial charge in [-0.1, -0.05) is 18.2 Å². The largest absolute Gasteiger partial charge is 0.496 e. The molecule has 0 aliphatic rings. The number of nitrogens with one attached hydrogen (secondary N) is 2. The van der Waals surface area contributed by atoms with Gasteiger partial charge in [0.2, 0.25) is 0 Å². The molecule has 0 fully saturated rings. The monoisotopic (exact) mass is 405 g/mol. The van der Waals surface area contributed by atoms with Crippen LogP contribution in [0.25, 0.3) is 0 Å². The normalized spacial score (nSPS) is 11.2. The van der Waals surface area contributed by atoms with E-state index < -0.39 is 0 Å². The number of hydrogen-bond acceptors (Lipinski definition) is 3. The maximum Gasteiger partial charge on any atom is 0.191 e. The third-order valence-corrected chi connectivity index (χ3v) is 4.41. The highest BCUT2D eigenvalue weighted by atomic mass is 79.9. The summed E-state index contributed by atoms with van der Waals surface area (Å²) in [6.45, 7) is 3.34. The van der Waals surface area contributed by atoms with Gasteiger partial charge in [0.05, 0.1) is 18.7 Å². The van der Waals surface area contributed by atoms with E-state index in [1.54, 1.807) is 21.3 Å². The summed E-state index contributed by atoms with van der Waals surface area (Å²) in [6, 6.07) is 12.2. The Morgan fingerprint density at radius 2 is 1.72 bits per heavy atom. The van der Waals surface area contributed by atoms with Crippen LogP contribution in [0.2, 0.25) is 0 Å². The molecule has 25 heavy (non-hydrogen) atoms. The molecule has 0 aliphatic carbocycles. The van der Waals surface area contributed by atoms with Crippen molar-refractivity contribution in [3.8, 4) is 11.5 Å². The Balaban J connectivity index is 1.94. The van der Waals surface area contributed by atoms with Gasteiger partial charge in [0.15, 0.2) is 5.96 Å². The number of rotatable bonds is 6. The van der Waals surface area contributed by atoms with Gasteiger partial charge in [-0.05, 0) is 52.2 Å². The van der Waals surface area contributed by atoms with Gasteiger partial charge in [0, 0.05) is 25.7 Å². The van der Waals surface area contributed by atoms with Gasteiger partial charge >= 0.3 is 0 Å². The number of aryl methyl sites for hydroxylation is 1. The smallest absolute Gasteiger partial charge is 0.191 e. The molecule has 0 amide bonds. The molecule has 0 heterocycles. The summed E-state index contributed by atoms with van der Waals surface area (Å²) in [5, 5.41) is 6.62. The lowest BCUT2D eigenvalue weighted by Gasteiger charge is -2.14.